The molecule has 1 saturated heterocycles. The van der Waals surface area contributed by atoms with Crippen molar-refractivity contribution >= 4 is 11.9 Å². The molecule has 2 fully saturated rings. The smallest absolute Gasteiger partial charge is 0.318 e. The summed E-state index contributed by atoms with van der Waals surface area (Å²) in [5, 5.41) is 6.02. The summed E-state index contributed by atoms with van der Waals surface area (Å²) in [7, 11) is 0. The fourth-order valence-electron chi connectivity index (χ4n) is 3.17. The molecule has 5 nitrogen and oxygen atoms in total. The number of amides is 3. The largest absolute Gasteiger partial charge is 0.352 e. The maximum absolute atomic E-state index is 12.3. The van der Waals surface area contributed by atoms with E-state index >= 15 is 0 Å². The van der Waals surface area contributed by atoms with Crippen molar-refractivity contribution < 1.29 is 9.59 Å². The summed E-state index contributed by atoms with van der Waals surface area (Å²) >= 11 is 0. The van der Waals surface area contributed by atoms with E-state index in [1.807, 2.05) is 13.8 Å². The van der Waals surface area contributed by atoms with Gasteiger partial charge >= 0.3 is 6.03 Å². The maximum Gasteiger partial charge on any atom is 0.318 e. The van der Waals surface area contributed by atoms with Gasteiger partial charge in [-0.25, -0.2) is 4.79 Å². The van der Waals surface area contributed by atoms with Gasteiger partial charge in [0.15, 0.2) is 0 Å². The number of carbonyl (C=O) groups excluding carboxylic acids is 2. The highest BCUT2D eigenvalue weighted by atomic mass is 16.2. The average molecular weight is 281 g/mol. The minimum atomic E-state index is -0.291. The summed E-state index contributed by atoms with van der Waals surface area (Å²) in [5.41, 5.74) is 0. The van der Waals surface area contributed by atoms with Gasteiger partial charge in [0.25, 0.3) is 0 Å². The quantitative estimate of drug-likeness (QED) is 0.831. The molecule has 2 rings (SSSR count). The van der Waals surface area contributed by atoms with Crippen LogP contribution in [0.25, 0.3) is 0 Å². The van der Waals surface area contributed by atoms with Crippen LogP contribution in [0.1, 0.15) is 58.8 Å². The van der Waals surface area contributed by atoms with E-state index in [4.69, 9.17) is 0 Å². The van der Waals surface area contributed by atoms with Crippen molar-refractivity contribution in [3.05, 3.63) is 0 Å². The normalized spacial score (nSPS) is 23.9. The van der Waals surface area contributed by atoms with Crippen LogP contribution in [0, 0.1) is 0 Å². The van der Waals surface area contributed by atoms with Gasteiger partial charge in [-0.2, -0.15) is 0 Å². The Hall–Kier alpha value is -1.26. The summed E-state index contributed by atoms with van der Waals surface area (Å²) in [6.45, 7) is 4.58. The number of nitrogens with zero attached hydrogens (tertiary/aromatic N) is 1. The van der Waals surface area contributed by atoms with Gasteiger partial charge in [-0.3, -0.25) is 4.79 Å². The molecule has 1 unspecified atom stereocenters. The lowest BCUT2D eigenvalue weighted by Gasteiger charge is -2.29. The van der Waals surface area contributed by atoms with Gasteiger partial charge in [0, 0.05) is 18.6 Å². The predicted molar refractivity (Wildman–Crippen MR) is 78.4 cm³/mol. The van der Waals surface area contributed by atoms with Crippen molar-refractivity contribution in [3.8, 4) is 0 Å². The lowest BCUT2D eigenvalue weighted by Crippen LogP contribution is -2.52. The highest BCUT2D eigenvalue weighted by Gasteiger charge is 2.35. The fraction of sp³-hybridized carbons (Fsp3) is 0.867. The third kappa shape index (κ3) is 3.87. The zero-order valence-electron chi connectivity index (χ0n) is 12.7. The predicted octanol–water partition coefficient (Wildman–Crippen LogP) is 2.02. The highest BCUT2D eigenvalue weighted by Crippen LogP contribution is 2.20. The lowest BCUT2D eigenvalue weighted by molar-refractivity contribution is -0.125. The first kappa shape index (κ1) is 15.1. The molecule has 1 aliphatic carbocycles. The zero-order chi connectivity index (χ0) is 14.5. The van der Waals surface area contributed by atoms with E-state index in [0.717, 1.165) is 25.7 Å². The summed E-state index contributed by atoms with van der Waals surface area (Å²) in [6, 6.07) is 0.0660. The Morgan fingerprint density at radius 3 is 2.40 bits per heavy atom. The second kappa shape index (κ2) is 6.95. The molecule has 5 heteroatoms. The maximum atomic E-state index is 12.3. The Morgan fingerprint density at radius 1 is 1.05 bits per heavy atom. The first-order valence-corrected chi connectivity index (χ1v) is 7.95. The first-order chi connectivity index (χ1) is 9.58. The molecular formula is C15H27N3O2. The van der Waals surface area contributed by atoms with E-state index in [1.54, 1.807) is 4.90 Å². The molecule has 0 radical (unpaired) electrons. The van der Waals surface area contributed by atoms with Crippen LogP contribution in [-0.4, -0.2) is 41.5 Å². The van der Waals surface area contributed by atoms with Gasteiger partial charge < -0.3 is 15.5 Å². The lowest BCUT2D eigenvalue weighted by atomic mass is 9.96. The Kier molecular flexibility index (Phi) is 5.26. The molecular weight excluding hydrogens is 254 g/mol. The summed E-state index contributed by atoms with van der Waals surface area (Å²) < 4.78 is 0. The van der Waals surface area contributed by atoms with Crippen LogP contribution in [0.15, 0.2) is 0 Å². The molecule has 0 bridgehead atoms. The topological polar surface area (TPSA) is 61.4 Å². The highest BCUT2D eigenvalue weighted by molar-refractivity contribution is 5.87. The number of hydrogen-bond acceptors (Lipinski definition) is 2. The standard InChI is InChI=1S/C15H27N3O2/c1-11(2)16-14(19)13-9-6-10-18(13)15(20)17-12-7-4-3-5-8-12/h11-13H,3-10H2,1-2H3,(H,16,19)(H,17,20). The van der Waals surface area contributed by atoms with Crippen molar-refractivity contribution in [2.75, 3.05) is 6.54 Å². The molecule has 1 aliphatic heterocycles. The number of carbonyl (C=O) groups is 2. The molecule has 3 amide bonds. The van der Waals surface area contributed by atoms with Crippen molar-refractivity contribution in [2.24, 2.45) is 0 Å². The van der Waals surface area contributed by atoms with Crippen molar-refractivity contribution in [1.29, 1.82) is 0 Å². The molecule has 0 aromatic carbocycles. The first-order valence-electron chi connectivity index (χ1n) is 7.95. The molecule has 0 aromatic rings. The van der Waals surface area contributed by atoms with Gasteiger partial charge in [-0.15, -0.1) is 0 Å². The Morgan fingerprint density at radius 2 is 1.75 bits per heavy atom. The number of rotatable bonds is 3. The molecule has 0 aromatic heterocycles. The van der Waals surface area contributed by atoms with Crippen LogP contribution in [0.3, 0.4) is 0 Å². The number of hydrogen-bond donors (Lipinski definition) is 2. The third-order valence-electron chi connectivity index (χ3n) is 4.18. The minimum Gasteiger partial charge on any atom is -0.352 e. The van der Waals surface area contributed by atoms with E-state index in [0.29, 0.717) is 12.6 Å². The van der Waals surface area contributed by atoms with E-state index < -0.39 is 0 Å². The molecule has 2 aliphatic rings. The second-order valence-electron chi connectivity index (χ2n) is 6.30. The van der Waals surface area contributed by atoms with Gasteiger partial charge in [-0.1, -0.05) is 19.3 Å². The van der Waals surface area contributed by atoms with E-state index in [1.165, 1.54) is 19.3 Å². The minimum absolute atomic E-state index is 0.0173. The van der Waals surface area contributed by atoms with Crippen LogP contribution in [0.2, 0.25) is 0 Å². The Bertz CT molecular complexity index is 351. The van der Waals surface area contributed by atoms with Crippen LogP contribution < -0.4 is 10.6 Å². The third-order valence-corrected chi connectivity index (χ3v) is 4.18. The summed E-state index contributed by atoms with van der Waals surface area (Å²) in [5.74, 6) is -0.0173. The van der Waals surface area contributed by atoms with Crippen LogP contribution in [-0.2, 0) is 4.79 Å². The van der Waals surface area contributed by atoms with Gasteiger partial charge in [-0.05, 0) is 39.5 Å². The van der Waals surface area contributed by atoms with Gasteiger partial charge in [0.1, 0.15) is 6.04 Å². The molecule has 1 atom stereocenters. The Labute approximate surface area is 121 Å². The molecule has 114 valence electrons. The molecule has 1 saturated carbocycles. The average Bonchev–Trinajstić information content (AvgIpc) is 2.88. The molecule has 2 N–H and O–H groups in total. The number of likely N-dealkylation sites (tertiary alicyclic amines) is 1. The van der Waals surface area contributed by atoms with Crippen molar-refractivity contribution in [3.63, 3.8) is 0 Å². The van der Waals surface area contributed by atoms with Crippen LogP contribution >= 0.6 is 0 Å². The van der Waals surface area contributed by atoms with E-state index in [9.17, 15) is 9.59 Å². The fourth-order valence-corrected chi connectivity index (χ4v) is 3.17. The summed E-state index contributed by atoms with van der Waals surface area (Å²) in [4.78, 5) is 26.2. The van der Waals surface area contributed by atoms with Crippen LogP contribution in [0.5, 0.6) is 0 Å². The van der Waals surface area contributed by atoms with E-state index in [-0.39, 0.29) is 24.0 Å². The van der Waals surface area contributed by atoms with Crippen molar-refractivity contribution in [1.82, 2.24) is 15.5 Å². The monoisotopic (exact) mass is 281 g/mol. The Balaban J connectivity index is 1.88. The number of urea groups is 1. The molecule has 0 spiro atoms. The van der Waals surface area contributed by atoms with E-state index in [2.05, 4.69) is 10.6 Å². The van der Waals surface area contributed by atoms with Crippen LogP contribution in [0.4, 0.5) is 4.79 Å². The van der Waals surface area contributed by atoms with Gasteiger partial charge in [0.05, 0.1) is 0 Å². The van der Waals surface area contributed by atoms with Gasteiger partial charge in [0.2, 0.25) is 5.91 Å². The molecule has 20 heavy (non-hydrogen) atoms. The summed E-state index contributed by atoms with van der Waals surface area (Å²) in [6.07, 6.45) is 7.50. The number of nitrogens with one attached hydrogen (secondary N) is 2. The SMILES string of the molecule is CC(C)NC(=O)C1CCCN1C(=O)NC1CCCCC1. The zero-order valence-corrected chi connectivity index (χ0v) is 12.7. The second-order valence-corrected chi connectivity index (χ2v) is 6.30. The van der Waals surface area contributed by atoms with Crippen molar-refractivity contribution in [2.45, 2.75) is 76.9 Å². The molecule has 1 heterocycles.